The molecule has 0 spiro atoms. The van der Waals surface area contributed by atoms with Gasteiger partial charge in [-0.25, -0.2) is 14.6 Å². The van der Waals surface area contributed by atoms with E-state index >= 15 is 0 Å². The highest BCUT2D eigenvalue weighted by Crippen LogP contribution is 2.23. The van der Waals surface area contributed by atoms with Crippen molar-refractivity contribution in [3.63, 3.8) is 0 Å². The summed E-state index contributed by atoms with van der Waals surface area (Å²) in [6, 6.07) is 12.5. The van der Waals surface area contributed by atoms with E-state index in [4.69, 9.17) is 11.3 Å². The van der Waals surface area contributed by atoms with Crippen molar-refractivity contribution in [1.29, 1.82) is 0 Å². The summed E-state index contributed by atoms with van der Waals surface area (Å²) >= 11 is 0. The van der Waals surface area contributed by atoms with Crippen molar-refractivity contribution >= 4 is 22.7 Å². The summed E-state index contributed by atoms with van der Waals surface area (Å²) in [7, 11) is 0. The number of nitrogens with zero attached hydrogens (tertiary/aromatic N) is 3. The van der Waals surface area contributed by atoms with Gasteiger partial charge in [-0.1, -0.05) is 12.1 Å². The van der Waals surface area contributed by atoms with E-state index in [0.717, 1.165) is 16.7 Å². The van der Waals surface area contributed by atoms with Gasteiger partial charge in [-0.05, 0) is 37.3 Å². The molecule has 0 fully saturated rings. The maximum Gasteiger partial charge on any atom is 0.338 e. The Kier molecular flexibility index (Phi) is 3.58. The molecule has 0 amide bonds. The van der Waals surface area contributed by atoms with E-state index in [2.05, 4.69) is 9.83 Å². The minimum Gasteiger partial charge on any atom is -0.462 e. The molecule has 0 saturated carbocycles. The van der Waals surface area contributed by atoms with Crippen molar-refractivity contribution in [2.75, 3.05) is 6.61 Å². The van der Waals surface area contributed by atoms with Crippen LogP contribution in [0.4, 0.5) is 5.69 Å². The summed E-state index contributed by atoms with van der Waals surface area (Å²) in [5.74, 6) is -0.343. The van der Waals surface area contributed by atoms with Gasteiger partial charge < -0.3 is 4.74 Å². The molecule has 0 aliphatic carbocycles. The van der Waals surface area contributed by atoms with E-state index in [-0.39, 0.29) is 5.97 Å². The van der Waals surface area contributed by atoms with E-state index in [0.29, 0.717) is 17.9 Å². The van der Waals surface area contributed by atoms with Gasteiger partial charge in [-0.2, -0.15) is 0 Å². The topological polar surface area (TPSA) is 48.5 Å². The third kappa shape index (κ3) is 2.42. The lowest BCUT2D eigenvalue weighted by Gasteiger charge is -2.07. The molecule has 0 unspecified atom stereocenters. The van der Waals surface area contributed by atoms with Crippen LogP contribution in [-0.4, -0.2) is 22.1 Å². The lowest BCUT2D eigenvalue weighted by atomic mass is 10.2. The Morgan fingerprint density at radius 2 is 2.18 bits per heavy atom. The fourth-order valence-electron chi connectivity index (χ4n) is 2.27. The summed E-state index contributed by atoms with van der Waals surface area (Å²) in [4.78, 5) is 19.6. The van der Waals surface area contributed by atoms with Crippen molar-refractivity contribution in [3.05, 3.63) is 65.8 Å². The molecule has 3 aromatic rings. The number of carbonyl (C=O) groups is 1. The van der Waals surface area contributed by atoms with Crippen molar-refractivity contribution in [1.82, 2.24) is 9.55 Å². The number of aromatic nitrogens is 2. The molecule has 0 radical (unpaired) electrons. The Hall–Kier alpha value is -3.13. The molecular formula is C17H13N3O2. The second-order valence-electron chi connectivity index (χ2n) is 4.67. The van der Waals surface area contributed by atoms with Crippen LogP contribution < -0.4 is 0 Å². The van der Waals surface area contributed by atoms with Crippen molar-refractivity contribution in [3.8, 4) is 5.69 Å². The van der Waals surface area contributed by atoms with E-state index in [1.54, 1.807) is 43.6 Å². The Labute approximate surface area is 127 Å². The summed E-state index contributed by atoms with van der Waals surface area (Å²) in [5.41, 5.74) is 3.50. The number of ether oxygens (including phenoxy) is 1. The number of benzene rings is 2. The van der Waals surface area contributed by atoms with Crippen LogP contribution in [0, 0.1) is 6.57 Å². The van der Waals surface area contributed by atoms with E-state index < -0.39 is 0 Å². The molecule has 0 aliphatic rings. The molecule has 0 bridgehead atoms. The Morgan fingerprint density at radius 1 is 1.32 bits per heavy atom. The first-order chi connectivity index (χ1) is 10.7. The number of esters is 1. The molecule has 108 valence electrons. The molecule has 0 aliphatic heterocycles. The maximum absolute atomic E-state index is 11.8. The molecule has 1 heterocycles. The number of rotatable bonds is 3. The smallest absolute Gasteiger partial charge is 0.338 e. The zero-order valence-corrected chi connectivity index (χ0v) is 12.0. The summed E-state index contributed by atoms with van der Waals surface area (Å²) in [6.45, 7) is 9.17. The van der Waals surface area contributed by atoms with Crippen LogP contribution >= 0.6 is 0 Å². The van der Waals surface area contributed by atoms with E-state index in [1.807, 2.05) is 16.7 Å². The maximum atomic E-state index is 11.8. The predicted molar refractivity (Wildman–Crippen MR) is 83.3 cm³/mol. The van der Waals surface area contributed by atoms with Crippen molar-refractivity contribution < 1.29 is 9.53 Å². The van der Waals surface area contributed by atoms with Crippen LogP contribution in [0.25, 0.3) is 21.6 Å². The van der Waals surface area contributed by atoms with E-state index in [1.165, 1.54) is 0 Å². The van der Waals surface area contributed by atoms with Crippen LogP contribution in [0.2, 0.25) is 0 Å². The van der Waals surface area contributed by atoms with Gasteiger partial charge >= 0.3 is 5.97 Å². The van der Waals surface area contributed by atoms with Gasteiger partial charge in [-0.15, -0.1) is 0 Å². The second-order valence-corrected chi connectivity index (χ2v) is 4.67. The second kappa shape index (κ2) is 5.70. The summed E-state index contributed by atoms with van der Waals surface area (Å²) in [6.07, 6.45) is 1.68. The normalized spacial score (nSPS) is 10.4. The lowest BCUT2D eigenvalue weighted by Crippen LogP contribution is -2.05. The zero-order valence-electron chi connectivity index (χ0n) is 12.0. The molecule has 0 N–H and O–H groups in total. The standard InChI is InChI=1S/C17H13N3O2/c1-3-22-17(21)12-5-4-6-14(9-12)20-11-19-15-10-13(18-2)7-8-16(15)20/h4-11H,3H2,1H3. The number of hydrogen-bond donors (Lipinski definition) is 0. The minimum atomic E-state index is -0.343. The van der Waals surface area contributed by atoms with Crippen molar-refractivity contribution in [2.45, 2.75) is 6.92 Å². The van der Waals surface area contributed by atoms with Crippen LogP contribution in [0.3, 0.4) is 0 Å². The quantitative estimate of drug-likeness (QED) is 0.545. The molecule has 22 heavy (non-hydrogen) atoms. The largest absolute Gasteiger partial charge is 0.462 e. The molecule has 1 aromatic heterocycles. The van der Waals surface area contributed by atoms with Gasteiger partial charge in [0.25, 0.3) is 0 Å². The summed E-state index contributed by atoms with van der Waals surface area (Å²) in [5, 5.41) is 0. The van der Waals surface area contributed by atoms with Gasteiger partial charge in [0.2, 0.25) is 0 Å². The first-order valence-electron chi connectivity index (χ1n) is 6.85. The fraction of sp³-hybridized carbons (Fsp3) is 0.118. The highest BCUT2D eigenvalue weighted by atomic mass is 16.5. The Bertz CT molecular complexity index is 890. The molecule has 5 heteroatoms. The fourth-order valence-corrected chi connectivity index (χ4v) is 2.27. The SMILES string of the molecule is [C-]#[N+]c1ccc2c(c1)ncn2-c1cccc(C(=O)OCC)c1. The van der Waals surface area contributed by atoms with Gasteiger partial charge in [0.1, 0.15) is 6.33 Å². The van der Waals surface area contributed by atoms with Crippen LogP contribution in [-0.2, 0) is 4.74 Å². The average Bonchev–Trinajstić information content (AvgIpc) is 2.98. The van der Waals surface area contributed by atoms with Gasteiger partial charge in [0.15, 0.2) is 5.69 Å². The highest BCUT2D eigenvalue weighted by Gasteiger charge is 2.10. The third-order valence-corrected chi connectivity index (χ3v) is 3.30. The lowest BCUT2D eigenvalue weighted by molar-refractivity contribution is 0.0526. The monoisotopic (exact) mass is 291 g/mol. The van der Waals surface area contributed by atoms with Crippen molar-refractivity contribution in [2.24, 2.45) is 0 Å². The Morgan fingerprint density at radius 3 is 2.95 bits per heavy atom. The number of hydrogen-bond acceptors (Lipinski definition) is 3. The summed E-state index contributed by atoms with van der Waals surface area (Å²) < 4.78 is 6.90. The van der Waals surface area contributed by atoms with E-state index in [9.17, 15) is 4.79 Å². The number of carbonyl (C=O) groups excluding carboxylic acids is 1. The van der Waals surface area contributed by atoms with Gasteiger partial charge in [-0.3, -0.25) is 4.57 Å². The molecular weight excluding hydrogens is 278 g/mol. The van der Waals surface area contributed by atoms with Crippen LogP contribution in [0.5, 0.6) is 0 Å². The molecule has 0 atom stereocenters. The average molecular weight is 291 g/mol. The first kappa shape index (κ1) is 13.8. The van der Waals surface area contributed by atoms with Gasteiger partial charge in [0, 0.05) is 5.69 Å². The van der Waals surface area contributed by atoms with Crippen LogP contribution in [0.1, 0.15) is 17.3 Å². The first-order valence-corrected chi connectivity index (χ1v) is 6.85. The molecule has 3 rings (SSSR count). The minimum absolute atomic E-state index is 0.343. The predicted octanol–water partition coefficient (Wildman–Crippen LogP) is 3.75. The molecule has 5 nitrogen and oxygen atoms in total. The zero-order chi connectivity index (χ0) is 15.5. The van der Waals surface area contributed by atoms with Crippen LogP contribution in [0.15, 0.2) is 48.8 Å². The molecule has 0 saturated heterocycles. The number of imidazole rings is 1. The number of fused-ring (bicyclic) bond motifs is 1. The highest BCUT2D eigenvalue weighted by molar-refractivity contribution is 5.90. The third-order valence-electron chi connectivity index (χ3n) is 3.30. The van der Waals surface area contributed by atoms with Gasteiger partial charge in [0.05, 0.1) is 29.8 Å². The molecule has 2 aromatic carbocycles. The Balaban J connectivity index is 2.06.